The normalized spacial score (nSPS) is 15.2. The summed E-state index contributed by atoms with van der Waals surface area (Å²) in [5.74, 6) is -0.237. The molecular formula is C13H22N2O2. The van der Waals surface area contributed by atoms with Crippen molar-refractivity contribution in [2.75, 3.05) is 6.54 Å². The van der Waals surface area contributed by atoms with Gasteiger partial charge in [-0.3, -0.25) is 15.0 Å². The zero-order valence-corrected chi connectivity index (χ0v) is 10.6. The largest absolute Gasteiger partial charge is 0.328 e. The topological polar surface area (TPSA) is 49.4 Å². The highest BCUT2D eigenvalue weighted by molar-refractivity contribution is 6.02. The molecule has 1 saturated heterocycles. The number of imide groups is 1. The van der Waals surface area contributed by atoms with Crippen LogP contribution in [0.1, 0.15) is 51.9 Å². The standard InChI is InChI=1S/C13H22N2O2/c1-3-4-5-6-7-8-9-11(2)15-10-12(16)14-13(15)17/h2-10H2,1H3,(H,14,16,17). The smallest absolute Gasteiger partial charge is 0.289 e. The SMILES string of the molecule is C=C(CCCCCCCC)N1CC(=O)NC1=O. The number of unbranched alkanes of at least 4 members (excludes halogenated alkanes) is 5. The minimum absolute atomic E-state index is 0.132. The summed E-state index contributed by atoms with van der Waals surface area (Å²) in [7, 11) is 0. The number of hydrogen-bond acceptors (Lipinski definition) is 2. The Labute approximate surface area is 103 Å². The van der Waals surface area contributed by atoms with E-state index in [-0.39, 0.29) is 18.5 Å². The Bertz CT molecular complexity index is 300. The predicted molar refractivity (Wildman–Crippen MR) is 67.4 cm³/mol. The van der Waals surface area contributed by atoms with E-state index < -0.39 is 0 Å². The highest BCUT2D eigenvalue weighted by Gasteiger charge is 2.27. The fourth-order valence-corrected chi connectivity index (χ4v) is 1.94. The Morgan fingerprint density at radius 2 is 1.88 bits per heavy atom. The molecule has 1 aliphatic heterocycles. The van der Waals surface area contributed by atoms with Crippen molar-refractivity contribution in [3.8, 4) is 0 Å². The van der Waals surface area contributed by atoms with Crippen molar-refractivity contribution in [1.29, 1.82) is 0 Å². The monoisotopic (exact) mass is 238 g/mol. The Morgan fingerprint density at radius 3 is 2.47 bits per heavy atom. The number of urea groups is 1. The molecule has 0 aromatic carbocycles. The molecule has 1 N–H and O–H groups in total. The third kappa shape index (κ3) is 4.59. The van der Waals surface area contributed by atoms with Crippen LogP contribution in [0.3, 0.4) is 0 Å². The quantitative estimate of drug-likeness (QED) is 0.522. The molecule has 4 nitrogen and oxygen atoms in total. The van der Waals surface area contributed by atoms with Crippen molar-refractivity contribution >= 4 is 11.9 Å². The molecule has 0 radical (unpaired) electrons. The molecule has 1 heterocycles. The van der Waals surface area contributed by atoms with Gasteiger partial charge in [0.2, 0.25) is 5.91 Å². The van der Waals surface area contributed by atoms with Crippen LogP contribution in [0.25, 0.3) is 0 Å². The van der Waals surface area contributed by atoms with Crippen molar-refractivity contribution in [2.24, 2.45) is 0 Å². The van der Waals surface area contributed by atoms with E-state index in [4.69, 9.17) is 0 Å². The zero-order chi connectivity index (χ0) is 12.7. The molecule has 3 amide bonds. The molecule has 17 heavy (non-hydrogen) atoms. The van der Waals surface area contributed by atoms with Crippen molar-refractivity contribution in [3.63, 3.8) is 0 Å². The number of nitrogens with zero attached hydrogens (tertiary/aromatic N) is 1. The first kappa shape index (κ1) is 13.7. The summed E-state index contributed by atoms with van der Waals surface area (Å²) in [6, 6.07) is -0.328. The molecule has 0 atom stereocenters. The first-order valence-electron chi connectivity index (χ1n) is 6.44. The maximum atomic E-state index is 11.3. The second-order valence-electron chi connectivity index (χ2n) is 4.52. The average Bonchev–Trinajstić information content (AvgIpc) is 2.62. The fourth-order valence-electron chi connectivity index (χ4n) is 1.94. The third-order valence-electron chi connectivity index (χ3n) is 2.99. The lowest BCUT2D eigenvalue weighted by Crippen LogP contribution is -2.27. The van der Waals surface area contributed by atoms with Crippen LogP contribution in [-0.2, 0) is 4.79 Å². The Balaban J connectivity index is 2.13. The third-order valence-corrected chi connectivity index (χ3v) is 2.99. The Kier molecular flexibility index (Phi) is 5.73. The van der Waals surface area contributed by atoms with Crippen molar-refractivity contribution in [2.45, 2.75) is 51.9 Å². The van der Waals surface area contributed by atoms with Crippen LogP contribution in [0.4, 0.5) is 4.79 Å². The molecule has 0 aromatic rings. The van der Waals surface area contributed by atoms with E-state index in [1.165, 1.54) is 37.0 Å². The van der Waals surface area contributed by atoms with Crippen molar-refractivity contribution < 1.29 is 9.59 Å². The Morgan fingerprint density at radius 1 is 1.24 bits per heavy atom. The van der Waals surface area contributed by atoms with Gasteiger partial charge in [0, 0.05) is 5.70 Å². The van der Waals surface area contributed by atoms with Gasteiger partial charge in [0.15, 0.2) is 0 Å². The van der Waals surface area contributed by atoms with Gasteiger partial charge in [-0.15, -0.1) is 0 Å². The van der Waals surface area contributed by atoms with Gasteiger partial charge in [0.1, 0.15) is 6.54 Å². The van der Waals surface area contributed by atoms with Gasteiger partial charge in [-0.05, 0) is 12.8 Å². The van der Waals surface area contributed by atoms with E-state index in [1.807, 2.05) is 0 Å². The maximum absolute atomic E-state index is 11.3. The molecule has 4 heteroatoms. The molecule has 0 bridgehead atoms. The van der Waals surface area contributed by atoms with Crippen molar-refractivity contribution in [3.05, 3.63) is 12.3 Å². The van der Waals surface area contributed by atoms with Crippen LogP contribution < -0.4 is 5.32 Å². The number of allylic oxidation sites excluding steroid dienone is 1. The molecule has 0 aromatic heterocycles. The van der Waals surface area contributed by atoms with Gasteiger partial charge in [-0.1, -0.05) is 45.6 Å². The average molecular weight is 238 g/mol. The van der Waals surface area contributed by atoms with Gasteiger partial charge in [-0.25, -0.2) is 4.79 Å². The molecular weight excluding hydrogens is 216 g/mol. The minimum atomic E-state index is -0.328. The molecule has 0 unspecified atom stereocenters. The lowest BCUT2D eigenvalue weighted by atomic mass is 10.1. The van der Waals surface area contributed by atoms with Crippen molar-refractivity contribution in [1.82, 2.24) is 10.2 Å². The van der Waals surface area contributed by atoms with Gasteiger partial charge < -0.3 is 0 Å². The number of carbonyl (C=O) groups excluding carboxylic acids is 2. The number of rotatable bonds is 8. The summed E-state index contributed by atoms with van der Waals surface area (Å²) in [6.07, 6.45) is 8.08. The second-order valence-corrected chi connectivity index (χ2v) is 4.52. The van der Waals surface area contributed by atoms with Gasteiger partial charge in [0.25, 0.3) is 0 Å². The number of hydrogen-bond donors (Lipinski definition) is 1. The van der Waals surface area contributed by atoms with Crippen LogP contribution in [-0.4, -0.2) is 23.4 Å². The van der Waals surface area contributed by atoms with Crippen LogP contribution in [0.2, 0.25) is 0 Å². The fraction of sp³-hybridized carbons (Fsp3) is 0.692. The highest BCUT2D eigenvalue weighted by Crippen LogP contribution is 2.15. The summed E-state index contributed by atoms with van der Waals surface area (Å²) in [5.41, 5.74) is 0.754. The summed E-state index contributed by atoms with van der Waals surface area (Å²) in [4.78, 5) is 23.8. The molecule has 0 saturated carbocycles. The summed E-state index contributed by atoms with van der Waals surface area (Å²) in [6.45, 7) is 6.20. The van der Waals surface area contributed by atoms with Gasteiger partial charge in [0.05, 0.1) is 0 Å². The predicted octanol–water partition coefficient (Wildman–Crippen LogP) is 2.80. The highest BCUT2D eigenvalue weighted by atomic mass is 16.2. The summed E-state index contributed by atoms with van der Waals surface area (Å²) >= 11 is 0. The van der Waals surface area contributed by atoms with E-state index in [9.17, 15) is 9.59 Å². The number of carbonyl (C=O) groups is 2. The first-order chi connectivity index (χ1) is 8.15. The lowest BCUT2D eigenvalue weighted by molar-refractivity contribution is -0.118. The molecule has 1 aliphatic rings. The van der Waals surface area contributed by atoms with Gasteiger partial charge >= 0.3 is 6.03 Å². The lowest BCUT2D eigenvalue weighted by Gasteiger charge is -2.15. The van der Waals surface area contributed by atoms with Crippen LogP contribution in [0, 0.1) is 0 Å². The number of nitrogens with one attached hydrogen (secondary N) is 1. The molecule has 96 valence electrons. The van der Waals surface area contributed by atoms with E-state index in [0.29, 0.717) is 0 Å². The van der Waals surface area contributed by atoms with E-state index >= 15 is 0 Å². The summed E-state index contributed by atoms with van der Waals surface area (Å²) in [5, 5.41) is 2.25. The van der Waals surface area contributed by atoms with Crippen LogP contribution >= 0.6 is 0 Å². The molecule has 1 fully saturated rings. The second kappa shape index (κ2) is 7.09. The molecule has 0 aliphatic carbocycles. The number of amides is 3. The van der Waals surface area contributed by atoms with E-state index in [2.05, 4.69) is 18.8 Å². The van der Waals surface area contributed by atoms with E-state index in [0.717, 1.165) is 18.5 Å². The molecule has 1 rings (SSSR count). The summed E-state index contributed by atoms with van der Waals surface area (Å²) < 4.78 is 0. The zero-order valence-electron chi connectivity index (χ0n) is 10.6. The first-order valence-corrected chi connectivity index (χ1v) is 6.44. The van der Waals surface area contributed by atoms with Gasteiger partial charge in [-0.2, -0.15) is 0 Å². The Hall–Kier alpha value is -1.32. The van der Waals surface area contributed by atoms with Crippen LogP contribution in [0.15, 0.2) is 12.3 Å². The minimum Gasteiger partial charge on any atom is -0.289 e. The maximum Gasteiger partial charge on any atom is 0.328 e. The molecule has 0 spiro atoms. The van der Waals surface area contributed by atoms with E-state index in [1.54, 1.807) is 0 Å². The van der Waals surface area contributed by atoms with Crippen LogP contribution in [0.5, 0.6) is 0 Å².